The second-order valence-corrected chi connectivity index (χ2v) is 8.12. The van der Waals surface area contributed by atoms with Gasteiger partial charge in [-0.05, 0) is 18.8 Å². The molecule has 0 spiro atoms. The molecule has 0 amide bonds. The van der Waals surface area contributed by atoms with Crippen LogP contribution in [0.2, 0.25) is 0 Å². The molecule has 4 unspecified atom stereocenters. The van der Waals surface area contributed by atoms with E-state index in [0.29, 0.717) is 12.3 Å². The molecule has 0 aromatic rings. The molecule has 0 aromatic heterocycles. The van der Waals surface area contributed by atoms with Crippen molar-refractivity contribution in [1.82, 2.24) is 0 Å². The third-order valence-corrected chi connectivity index (χ3v) is 5.78. The number of carbonyl (C=O) groups is 1. The van der Waals surface area contributed by atoms with Gasteiger partial charge in [-0.1, -0.05) is 91.4 Å². The van der Waals surface area contributed by atoms with E-state index >= 15 is 0 Å². The van der Waals surface area contributed by atoms with Gasteiger partial charge >= 0.3 is 5.97 Å². The summed E-state index contributed by atoms with van der Waals surface area (Å²) in [6.45, 7) is 6.58. The Balaban J connectivity index is 2.12. The number of esters is 1. The van der Waals surface area contributed by atoms with Crippen molar-refractivity contribution in [2.45, 2.75) is 123 Å². The molecule has 1 aliphatic heterocycles. The molecule has 0 radical (unpaired) electrons. The number of hydrogen-bond acceptors (Lipinski definition) is 3. The van der Waals surface area contributed by atoms with Crippen LogP contribution in [0.4, 0.5) is 0 Å². The zero-order valence-corrected chi connectivity index (χ0v) is 17.0. The SMILES string of the molecule is CCCCCCCCCC(C)C(O)CC1OC(=O)C1CCCCCC. The van der Waals surface area contributed by atoms with Crippen LogP contribution in [-0.4, -0.2) is 23.3 Å². The molecule has 1 saturated heterocycles. The number of hydrogen-bond donors (Lipinski definition) is 1. The molecular weight excluding hydrogens is 312 g/mol. The Labute approximate surface area is 155 Å². The summed E-state index contributed by atoms with van der Waals surface area (Å²) in [5.74, 6) is 0.293. The summed E-state index contributed by atoms with van der Waals surface area (Å²) in [4.78, 5) is 11.7. The average molecular weight is 355 g/mol. The zero-order chi connectivity index (χ0) is 18.5. The van der Waals surface area contributed by atoms with E-state index in [1.165, 1.54) is 64.2 Å². The Kier molecular flexibility index (Phi) is 12.2. The predicted octanol–water partition coefficient (Wildman–Crippen LogP) is 6.03. The van der Waals surface area contributed by atoms with E-state index in [-0.39, 0.29) is 24.1 Å². The van der Waals surface area contributed by atoms with Crippen molar-refractivity contribution in [3.63, 3.8) is 0 Å². The van der Waals surface area contributed by atoms with Crippen LogP contribution in [0.5, 0.6) is 0 Å². The van der Waals surface area contributed by atoms with Gasteiger partial charge in [0.1, 0.15) is 6.10 Å². The maximum atomic E-state index is 11.7. The lowest BCUT2D eigenvalue weighted by Gasteiger charge is -2.37. The van der Waals surface area contributed by atoms with Crippen molar-refractivity contribution in [3.05, 3.63) is 0 Å². The molecule has 3 nitrogen and oxygen atoms in total. The van der Waals surface area contributed by atoms with Gasteiger partial charge in [0.2, 0.25) is 0 Å². The summed E-state index contributed by atoms with van der Waals surface area (Å²) < 4.78 is 5.31. The van der Waals surface area contributed by atoms with Crippen LogP contribution >= 0.6 is 0 Å². The Morgan fingerprint density at radius 2 is 1.48 bits per heavy atom. The molecule has 0 bridgehead atoms. The van der Waals surface area contributed by atoms with E-state index in [1.807, 2.05) is 0 Å². The topological polar surface area (TPSA) is 46.5 Å². The van der Waals surface area contributed by atoms with Gasteiger partial charge in [-0.2, -0.15) is 0 Å². The van der Waals surface area contributed by atoms with Crippen molar-refractivity contribution in [3.8, 4) is 0 Å². The molecule has 0 saturated carbocycles. The number of rotatable bonds is 16. The number of cyclic esters (lactones) is 1. The fourth-order valence-electron chi connectivity index (χ4n) is 3.79. The third-order valence-electron chi connectivity index (χ3n) is 5.78. The van der Waals surface area contributed by atoms with E-state index in [4.69, 9.17) is 4.74 Å². The molecular formula is C22H42O3. The van der Waals surface area contributed by atoms with Crippen LogP contribution < -0.4 is 0 Å². The van der Waals surface area contributed by atoms with Gasteiger partial charge in [0.25, 0.3) is 0 Å². The van der Waals surface area contributed by atoms with Gasteiger partial charge in [-0.25, -0.2) is 0 Å². The Hall–Kier alpha value is -0.570. The van der Waals surface area contributed by atoms with Crippen LogP contribution in [0.3, 0.4) is 0 Å². The van der Waals surface area contributed by atoms with Gasteiger partial charge in [0, 0.05) is 6.42 Å². The largest absolute Gasteiger partial charge is 0.461 e. The van der Waals surface area contributed by atoms with Crippen molar-refractivity contribution in [2.24, 2.45) is 11.8 Å². The van der Waals surface area contributed by atoms with Gasteiger partial charge in [0.05, 0.1) is 12.0 Å². The molecule has 1 rings (SSSR count). The lowest BCUT2D eigenvalue weighted by atomic mass is 9.84. The Morgan fingerprint density at radius 3 is 2.08 bits per heavy atom. The average Bonchev–Trinajstić information content (AvgIpc) is 2.60. The van der Waals surface area contributed by atoms with E-state index in [1.54, 1.807) is 0 Å². The highest BCUT2D eigenvalue weighted by molar-refractivity contribution is 5.78. The molecule has 148 valence electrons. The fraction of sp³-hybridized carbons (Fsp3) is 0.955. The first kappa shape index (κ1) is 22.5. The number of carbonyl (C=O) groups excluding carboxylic acids is 1. The maximum Gasteiger partial charge on any atom is 0.313 e. The summed E-state index contributed by atoms with van der Waals surface area (Å²) in [6.07, 6.45) is 16.2. The second kappa shape index (κ2) is 13.6. The summed E-state index contributed by atoms with van der Waals surface area (Å²) in [5, 5.41) is 10.4. The fourth-order valence-corrected chi connectivity index (χ4v) is 3.79. The lowest BCUT2D eigenvalue weighted by molar-refractivity contribution is -0.189. The summed E-state index contributed by atoms with van der Waals surface area (Å²) in [5.41, 5.74) is 0. The third kappa shape index (κ3) is 9.08. The molecule has 25 heavy (non-hydrogen) atoms. The Bertz CT molecular complexity index is 342. The molecule has 1 heterocycles. The van der Waals surface area contributed by atoms with Crippen LogP contribution in [0.1, 0.15) is 111 Å². The van der Waals surface area contributed by atoms with Crippen LogP contribution in [0.15, 0.2) is 0 Å². The van der Waals surface area contributed by atoms with Gasteiger partial charge in [-0.15, -0.1) is 0 Å². The van der Waals surface area contributed by atoms with E-state index in [0.717, 1.165) is 19.3 Å². The predicted molar refractivity (Wildman–Crippen MR) is 105 cm³/mol. The highest BCUT2D eigenvalue weighted by Crippen LogP contribution is 2.32. The van der Waals surface area contributed by atoms with Crippen LogP contribution in [0, 0.1) is 11.8 Å². The molecule has 0 aromatic carbocycles. The Morgan fingerprint density at radius 1 is 0.920 bits per heavy atom. The van der Waals surface area contributed by atoms with Crippen molar-refractivity contribution in [1.29, 1.82) is 0 Å². The number of aliphatic hydroxyl groups excluding tert-OH is 1. The first-order valence-electron chi connectivity index (χ1n) is 11.0. The van der Waals surface area contributed by atoms with Crippen LogP contribution in [0.25, 0.3) is 0 Å². The smallest absolute Gasteiger partial charge is 0.313 e. The van der Waals surface area contributed by atoms with Gasteiger partial charge in [-0.3, -0.25) is 4.79 Å². The van der Waals surface area contributed by atoms with E-state index in [2.05, 4.69) is 20.8 Å². The van der Waals surface area contributed by atoms with Crippen LogP contribution in [-0.2, 0) is 9.53 Å². The monoisotopic (exact) mass is 354 g/mol. The standard InChI is InChI=1S/C22H42O3/c1-4-6-8-10-11-12-13-15-18(3)20(23)17-21-19(22(24)25-21)16-14-9-7-5-2/h18-21,23H,4-17H2,1-3H3. The quantitative estimate of drug-likeness (QED) is 0.272. The number of unbranched alkanes of at least 4 members (excludes halogenated alkanes) is 9. The molecule has 1 fully saturated rings. The minimum Gasteiger partial charge on any atom is -0.461 e. The zero-order valence-electron chi connectivity index (χ0n) is 17.0. The molecule has 1 N–H and O–H groups in total. The van der Waals surface area contributed by atoms with Crippen molar-refractivity contribution >= 4 is 5.97 Å². The highest BCUT2D eigenvalue weighted by atomic mass is 16.6. The van der Waals surface area contributed by atoms with E-state index in [9.17, 15) is 9.90 Å². The number of aliphatic hydroxyl groups is 1. The molecule has 0 aliphatic carbocycles. The summed E-state index contributed by atoms with van der Waals surface area (Å²) in [7, 11) is 0. The summed E-state index contributed by atoms with van der Waals surface area (Å²) >= 11 is 0. The van der Waals surface area contributed by atoms with Gasteiger partial charge in [0.15, 0.2) is 0 Å². The normalized spacial score (nSPS) is 22.3. The molecule has 3 heteroatoms. The first-order chi connectivity index (χ1) is 12.1. The van der Waals surface area contributed by atoms with Crippen molar-refractivity contribution < 1.29 is 14.6 Å². The second-order valence-electron chi connectivity index (χ2n) is 8.12. The highest BCUT2D eigenvalue weighted by Gasteiger charge is 2.42. The molecule has 1 aliphatic rings. The number of ether oxygens (including phenoxy) is 1. The summed E-state index contributed by atoms with van der Waals surface area (Å²) in [6, 6.07) is 0. The van der Waals surface area contributed by atoms with Gasteiger partial charge < -0.3 is 9.84 Å². The first-order valence-corrected chi connectivity index (χ1v) is 11.0. The lowest BCUT2D eigenvalue weighted by Crippen LogP contribution is -2.47. The van der Waals surface area contributed by atoms with Crippen molar-refractivity contribution in [2.75, 3.05) is 0 Å². The maximum absolute atomic E-state index is 11.7. The minimum absolute atomic E-state index is 0.0391. The minimum atomic E-state index is -0.337. The molecule has 4 atom stereocenters. The van der Waals surface area contributed by atoms with E-state index < -0.39 is 0 Å².